The largest absolute Gasteiger partial charge is 0.410 e. The van der Waals surface area contributed by atoms with Crippen molar-refractivity contribution in [3.8, 4) is 0 Å². The maximum Gasteiger partial charge on any atom is 0.410 e. The van der Waals surface area contributed by atoms with E-state index in [1.807, 2.05) is 30.3 Å². The summed E-state index contributed by atoms with van der Waals surface area (Å²) < 4.78 is 42.6. The summed E-state index contributed by atoms with van der Waals surface area (Å²) in [6.07, 6.45) is -4.39. The van der Waals surface area contributed by atoms with Gasteiger partial charge in [-0.25, -0.2) is 0 Å². The Morgan fingerprint density at radius 2 is 1.95 bits per heavy atom. The fraction of sp³-hybridized carbons (Fsp3) is 0.462. The van der Waals surface area contributed by atoms with Crippen LogP contribution in [0.2, 0.25) is 0 Å². The standard InChI is InChI=1S/C13H17F3N2O2/c1-10(13(14,15)16)17-12(18-19-2)9-20-8-11-6-4-3-5-7-11/h3-7,10H,8-9H2,1-2H3,(H,17,18). The molecule has 0 spiro atoms. The van der Waals surface area contributed by atoms with Crippen LogP contribution in [0.1, 0.15) is 12.5 Å². The molecule has 1 aromatic rings. The molecule has 0 radical (unpaired) electrons. The lowest BCUT2D eigenvalue weighted by Crippen LogP contribution is -2.32. The summed E-state index contributed by atoms with van der Waals surface area (Å²) in [6.45, 7) is 1.16. The van der Waals surface area contributed by atoms with E-state index in [0.717, 1.165) is 12.5 Å². The van der Waals surface area contributed by atoms with Gasteiger partial charge in [-0.1, -0.05) is 30.3 Å². The Morgan fingerprint density at radius 3 is 2.50 bits per heavy atom. The molecule has 0 saturated heterocycles. The zero-order chi connectivity index (χ0) is 15.0. The highest BCUT2D eigenvalue weighted by atomic mass is 19.4. The van der Waals surface area contributed by atoms with Crippen LogP contribution in [0, 0.1) is 0 Å². The first-order valence-corrected chi connectivity index (χ1v) is 5.97. The molecule has 1 rings (SSSR count). The molecule has 0 fully saturated rings. The van der Waals surface area contributed by atoms with Crippen LogP contribution in [0.5, 0.6) is 0 Å². The molecule has 0 bridgehead atoms. The summed E-state index contributed by atoms with van der Waals surface area (Å²) in [6, 6.07) is 7.48. The molecule has 0 amide bonds. The quantitative estimate of drug-likeness (QED) is 0.497. The van der Waals surface area contributed by atoms with Crippen LogP contribution >= 0.6 is 0 Å². The Bertz CT molecular complexity index is 421. The molecule has 7 heteroatoms. The van der Waals surface area contributed by atoms with E-state index in [-0.39, 0.29) is 19.0 Å². The Balaban J connectivity index is 2.53. The SMILES string of the molecule is CONC(COCc1ccccc1)=NC(C)C(F)(F)F. The molecule has 112 valence electrons. The molecule has 0 aliphatic heterocycles. The molecule has 1 atom stereocenters. The number of aliphatic imine (C=N–C) groups is 1. The van der Waals surface area contributed by atoms with E-state index >= 15 is 0 Å². The van der Waals surface area contributed by atoms with Gasteiger partial charge in [0, 0.05) is 0 Å². The number of hydrogen-bond donors (Lipinski definition) is 1. The summed E-state index contributed by atoms with van der Waals surface area (Å²) in [5, 5.41) is 0. The monoisotopic (exact) mass is 290 g/mol. The van der Waals surface area contributed by atoms with Crippen LogP contribution in [-0.2, 0) is 16.2 Å². The zero-order valence-electron chi connectivity index (χ0n) is 11.3. The molecule has 1 N–H and O–H groups in total. The molecule has 0 aliphatic carbocycles. The second kappa shape index (κ2) is 7.86. The summed E-state index contributed by atoms with van der Waals surface area (Å²) >= 11 is 0. The van der Waals surface area contributed by atoms with Crippen LogP contribution in [-0.4, -0.2) is 31.8 Å². The lowest BCUT2D eigenvalue weighted by atomic mass is 10.2. The number of alkyl halides is 3. The smallest absolute Gasteiger partial charge is 0.369 e. The number of hydrogen-bond acceptors (Lipinski definition) is 3. The van der Waals surface area contributed by atoms with E-state index < -0.39 is 12.2 Å². The van der Waals surface area contributed by atoms with Crippen molar-refractivity contribution in [3.63, 3.8) is 0 Å². The van der Waals surface area contributed by atoms with Crippen LogP contribution < -0.4 is 5.48 Å². The summed E-state index contributed by atoms with van der Waals surface area (Å²) in [5.74, 6) is -0.00624. The molecule has 20 heavy (non-hydrogen) atoms. The first-order valence-electron chi connectivity index (χ1n) is 5.97. The number of rotatable bonds is 6. The number of halogens is 3. The van der Waals surface area contributed by atoms with E-state index in [1.165, 1.54) is 7.11 Å². The minimum Gasteiger partial charge on any atom is -0.369 e. The van der Waals surface area contributed by atoms with Crippen molar-refractivity contribution in [2.75, 3.05) is 13.7 Å². The van der Waals surface area contributed by atoms with Gasteiger partial charge in [0.05, 0.1) is 13.7 Å². The van der Waals surface area contributed by atoms with Gasteiger partial charge in [-0.15, -0.1) is 0 Å². The maximum absolute atomic E-state index is 12.4. The maximum atomic E-state index is 12.4. The molecule has 0 aliphatic rings. The number of benzene rings is 1. The summed E-state index contributed by atoms with van der Waals surface area (Å²) in [7, 11) is 1.30. The fourth-order valence-electron chi connectivity index (χ4n) is 1.36. The molecular formula is C13H17F3N2O2. The highest BCUT2D eigenvalue weighted by Crippen LogP contribution is 2.22. The number of hydroxylamine groups is 1. The second-order valence-corrected chi connectivity index (χ2v) is 4.08. The van der Waals surface area contributed by atoms with Crippen molar-refractivity contribution in [1.29, 1.82) is 0 Å². The van der Waals surface area contributed by atoms with Gasteiger partial charge in [-0.2, -0.15) is 13.2 Å². The predicted octanol–water partition coefficient (Wildman–Crippen LogP) is 2.70. The van der Waals surface area contributed by atoms with E-state index in [4.69, 9.17) is 4.74 Å². The van der Waals surface area contributed by atoms with Crippen molar-refractivity contribution in [1.82, 2.24) is 5.48 Å². The molecule has 4 nitrogen and oxygen atoms in total. The van der Waals surface area contributed by atoms with Gasteiger partial charge in [0.2, 0.25) is 0 Å². The van der Waals surface area contributed by atoms with Gasteiger partial charge in [0.25, 0.3) is 0 Å². The third kappa shape index (κ3) is 6.03. The molecular weight excluding hydrogens is 273 g/mol. The average Bonchev–Trinajstić information content (AvgIpc) is 2.39. The summed E-state index contributed by atoms with van der Waals surface area (Å²) in [5.41, 5.74) is 3.22. The zero-order valence-corrected chi connectivity index (χ0v) is 11.3. The third-order valence-corrected chi connectivity index (χ3v) is 2.39. The van der Waals surface area contributed by atoms with Crippen LogP contribution in [0.15, 0.2) is 35.3 Å². The third-order valence-electron chi connectivity index (χ3n) is 2.39. The molecule has 1 unspecified atom stereocenters. The van der Waals surface area contributed by atoms with Crippen LogP contribution in [0.25, 0.3) is 0 Å². The summed E-state index contributed by atoms with van der Waals surface area (Å²) in [4.78, 5) is 8.09. The van der Waals surface area contributed by atoms with Crippen molar-refractivity contribution in [2.45, 2.75) is 25.7 Å². The predicted molar refractivity (Wildman–Crippen MR) is 69.2 cm³/mol. The van der Waals surface area contributed by atoms with Gasteiger partial charge in [-0.05, 0) is 12.5 Å². The number of nitrogens with one attached hydrogen (secondary N) is 1. The van der Waals surface area contributed by atoms with Crippen LogP contribution in [0.3, 0.4) is 0 Å². The van der Waals surface area contributed by atoms with Crippen molar-refractivity contribution in [3.05, 3.63) is 35.9 Å². The Labute approximate surface area is 115 Å². The average molecular weight is 290 g/mol. The minimum absolute atomic E-state index is 0.00624. The van der Waals surface area contributed by atoms with Gasteiger partial charge >= 0.3 is 6.18 Å². The lowest BCUT2D eigenvalue weighted by molar-refractivity contribution is -0.142. The Kier molecular flexibility index (Phi) is 6.47. The van der Waals surface area contributed by atoms with Gasteiger partial charge < -0.3 is 4.74 Å². The second-order valence-electron chi connectivity index (χ2n) is 4.08. The van der Waals surface area contributed by atoms with E-state index in [9.17, 15) is 13.2 Å². The minimum atomic E-state index is -4.39. The van der Waals surface area contributed by atoms with Gasteiger partial charge in [0.15, 0.2) is 0 Å². The highest BCUT2D eigenvalue weighted by molar-refractivity contribution is 5.82. The molecule has 0 aromatic heterocycles. The lowest BCUT2D eigenvalue weighted by Gasteiger charge is -2.14. The Hall–Kier alpha value is -1.60. The number of nitrogens with zero attached hydrogens (tertiary/aromatic N) is 1. The fourth-order valence-corrected chi connectivity index (χ4v) is 1.36. The number of ether oxygens (including phenoxy) is 1. The molecule has 1 aromatic carbocycles. The van der Waals surface area contributed by atoms with Gasteiger partial charge in [0.1, 0.15) is 18.5 Å². The highest BCUT2D eigenvalue weighted by Gasteiger charge is 2.36. The Morgan fingerprint density at radius 1 is 1.30 bits per heavy atom. The van der Waals surface area contributed by atoms with Crippen molar-refractivity contribution >= 4 is 5.84 Å². The molecule has 0 saturated carbocycles. The van der Waals surface area contributed by atoms with Gasteiger partial charge in [-0.3, -0.25) is 15.3 Å². The molecule has 0 heterocycles. The normalized spacial score (nSPS) is 14.2. The van der Waals surface area contributed by atoms with Crippen LogP contribution in [0.4, 0.5) is 13.2 Å². The first-order chi connectivity index (χ1) is 9.43. The first kappa shape index (κ1) is 16.5. The topological polar surface area (TPSA) is 42.8 Å². The van der Waals surface area contributed by atoms with E-state index in [2.05, 4.69) is 15.3 Å². The number of amidine groups is 1. The van der Waals surface area contributed by atoms with Crippen molar-refractivity contribution < 1.29 is 22.7 Å². The van der Waals surface area contributed by atoms with Crippen molar-refractivity contribution in [2.24, 2.45) is 4.99 Å². The van der Waals surface area contributed by atoms with E-state index in [0.29, 0.717) is 0 Å². The van der Waals surface area contributed by atoms with E-state index in [1.54, 1.807) is 0 Å².